The number of carbonyl (C=O) groups excluding carboxylic acids is 2. The standard InChI is InChI=1S/C11H10ClNO6/c1-6(14)18-11(19-7(2)15)9-4-3-8(13(16)17)5-10(9)12/h3-5,11H,1-2H3. The first-order valence-electron chi connectivity index (χ1n) is 5.09. The van der Waals surface area contributed by atoms with Crippen molar-refractivity contribution in [3.8, 4) is 0 Å². The van der Waals surface area contributed by atoms with Crippen molar-refractivity contribution in [3.63, 3.8) is 0 Å². The molecule has 1 aromatic rings. The van der Waals surface area contributed by atoms with Crippen LogP contribution < -0.4 is 0 Å². The first-order chi connectivity index (χ1) is 8.81. The van der Waals surface area contributed by atoms with E-state index in [-0.39, 0.29) is 16.3 Å². The number of hydrogen-bond acceptors (Lipinski definition) is 6. The Balaban J connectivity index is 3.11. The van der Waals surface area contributed by atoms with E-state index in [2.05, 4.69) is 0 Å². The van der Waals surface area contributed by atoms with E-state index in [1.165, 1.54) is 12.1 Å². The van der Waals surface area contributed by atoms with Gasteiger partial charge >= 0.3 is 11.9 Å². The average Bonchev–Trinajstić information content (AvgIpc) is 2.26. The molecule has 0 spiro atoms. The molecule has 102 valence electrons. The monoisotopic (exact) mass is 287 g/mol. The van der Waals surface area contributed by atoms with Gasteiger partial charge in [0.2, 0.25) is 0 Å². The summed E-state index contributed by atoms with van der Waals surface area (Å²) < 4.78 is 9.58. The van der Waals surface area contributed by atoms with Crippen molar-refractivity contribution < 1.29 is 24.0 Å². The highest BCUT2D eigenvalue weighted by molar-refractivity contribution is 6.31. The molecule has 0 amide bonds. The van der Waals surface area contributed by atoms with Gasteiger partial charge in [-0.05, 0) is 6.07 Å². The SMILES string of the molecule is CC(=O)OC(OC(C)=O)c1ccc([N+](=O)[O-])cc1Cl. The zero-order chi connectivity index (χ0) is 14.6. The Hall–Kier alpha value is -2.15. The Bertz CT molecular complexity index is 514. The summed E-state index contributed by atoms with van der Waals surface area (Å²) in [6.45, 7) is 2.27. The number of nitro groups is 1. The van der Waals surface area contributed by atoms with Crippen LogP contribution in [0, 0.1) is 10.1 Å². The van der Waals surface area contributed by atoms with Crippen LogP contribution in [0.5, 0.6) is 0 Å². The van der Waals surface area contributed by atoms with Crippen molar-refractivity contribution >= 4 is 29.2 Å². The van der Waals surface area contributed by atoms with Crippen molar-refractivity contribution in [1.29, 1.82) is 0 Å². The summed E-state index contributed by atoms with van der Waals surface area (Å²) >= 11 is 5.85. The number of esters is 2. The second-order valence-electron chi connectivity index (χ2n) is 3.51. The maximum Gasteiger partial charge on any atom is 0.305 e. The molecule has 0 radical (unpaired) electrons. The van der Waals surface area contributed by atoms with E-state index in [4.69, 9.17) is 21.1 Å². The molecule has 0 saturated carbocycles. The fraction of sp³-hybridized carbons (Fsp3) is 0.273. The Morgan fingerprint density at radius 1 is 1.26 bits per heavy atom. The number of non-ortho nitro benzene ring substituents is 1. The molecule has 1 aromatic carbocycles. The third-order valence-electron chi connectivity index (χ3n) is 1.99. The van der Waals surface area contributed by atoms with Gasteiger partial charge in [0.05, 0.1) is 15.5 Å². The van der Waals surface area contributed by atoms with Crippen LogP contribution in [-0.4, -0.2) is 16.9 Å². The summed E-state index contributed by atoms with van der Waals surface area (Å²) in [5.41, 5.74) is -0.0733. The smallest absolute Gasteiger partial charge is 0.305 e. The van der Waals surface area contributed by atoms with Gasteiger partial charge in [-0.2, -0.15) is 0 Å². The first kappa shape index (κ1) is 14.9. The zero-order valence-electron chi connectivity index (χ0n) is 10.1. The third-order valence-corrected chi connectivity index (χ3v) is 2.32. The van der Waals surface area contributed by atoms with Crippen LogP contribution in [0.4, 0.5) is 5.69 Å². The van der Waals surface area contributed by atoms with Crippen LogP contribution >= 0.6 is 11.6 Å². The molecule has 0 fully saturated rings. The number of nitrogens with zero attached hydrogens (tertiary/aromatic N) is 1. The van der Waals surface area contributed by atoms with Crippen LogP contribution in [0.1, 0.15) is 25.7 Å². The minimum Gasteiger partial charge on any atom is -0.421 e. The Kier molecular flexibility index (Phi) is 4.82. The number of ether oxygens (including phenoxy) is 2. The van der Waals surface area contributed by atoms with Crippen molar-refractivity contribution in [3.05, 3.63) is 38.9 Å². The van der Waals surface area contributed by atoms with E-state index < -0.39 is 23.2 Å². The number of rotatable bonds is 4. The highest BCUT2D eigenvalue weighted by atomic mass is 35.5. The number of halogens is 1. The predicted molar refractivity (Wildman–Crippen MR) is 64.4 cm³/mol. The van der Waals surface area contributed by atoms with Gasteiger partial charge < -0.3 is 9.47 Å². The summed E-state index contributed by atoms with van der Waals surface area (Å²) in [5.74, 6) is -1.36. The molecule has 0 aliphatic heterocycles. The van der Waals surface area contributed by atoms with Crippen LogP contribution in [0.2, 0.25) is 5.02 Å². The van der Waals surface area contributed by atoms with Crippen LogP contribution in [0.3, 0.4) is 0 Å². The molecule has 7 nitrogen and oxygen atoms in total. The van der Waals surface area contributed by atoms with E-state index in [1.54, 1.807) is 0 Å². The minimum absolute atomic E-state index is 0.0401. The van der Waals surface area contributed by atoms with Gasteiger partial charge in [0.1, 0.15) is 0 Å². The van der Waals surface area contributed by atoms with Gasteiger partial charge in [0.15, 0.2) is 0 Å². The molecule has 0 unspecified atom stereocenters. The molecule has 0 saturated heterocycles. The molecular weight excluding hydrogens is 278 g/mol. The summed E-state index contributed by atoms with van der Waals surface area (Å²) in [6, 6.07) is 3.51. The molecule has 0 aromatic heterocycles. The summed E-state index contributed by atoms with van der Waals surface area (Å²) in [7, 11) is 0. The zero-order valence-corrected chi connectivity index (χ0v) is 10.8. The third kappa shape index (κ3) is 4.22. The van der Waals surface area contributed by atoms with Crippen molar-refractivity contribution in [2.24, 2.45) is 0 Å². The number of nitro benzene ring substituents is 1. The predicted octanol–water partition coefficient (Wildman–Crippen LogP) is 2.37. The van der Waals surface area contributed by atoms with Gasteiger partial charge in [-0.25, -0.2) is 0 Å². The lowest BCUT2D eigenvalue weighted by atomic mass is 10.2. The van der Waals surface area contributed by atoms with Crippen LogP contribution in [0.25, 0.3) is 0 Å². The fourth-order valence-corrected chi connectivity index (χ4v) is 1.54. The largest absolute Gasteiger partial charge is 0.421 e. The van der Waals surface area contributed by atoms with Crippen LogP contribution in [0.15, 0.2) is 18.2 Å². The lowest BCUT2D eigenvalue weighted by Crippen LogP contribution is -2.15. The summed E-state index contributed by atoms with van der Waals surface area (Å²) in [4.78, 5) is 31.8. The average molecular weight is 288 g/mol. The normalized spacial score (nSPS) is 10.1. The topological polar surface area (TPSA) is 95.7 Å². The maximum atomic E-state index is 10.9. The summed E-state index contributed by atoms with van der Waals surface area (Å²) in [5, 5.41) is 10.5. The Morgan fingerprint density at radius 2 is 1.79 bits per heavy atom. The lowest BCUT2D eigenvalue weighted by molar-refractivity contribution is -0.384. The van der Waals surface area contributed by atoms with E-state index >= 15 is 0 Å². The van der Waals surface area contributed by atoms with E-state index in [9.17, 15) is 19.7 Å². The van der Waals surface area contributed by atoms with Gasteiger partial charge in [0, 0.05) is 26.0 Å². The Morgan fingerprint density at radius 3 is 2.16 bits per heavy atom. The van der Waals surface area contributed by atoms with Gasteiger partial charge in [-0.3, -0.25) is 19.7 Å². The molecule has 8 heteroatoms. The van der Waals surface area contributed by atoms with Gasteiger partial charge in [-0.1, -0.05) is 11.6 Å². The van der Waals surface area contributed by atoms with Gasteiger partial charge in [-0.15, -0.1) is 0 Å². The second kappa shape index (κ2) is 6.14. The molecule has 0 N–H and O–H groups in total. The molecular formula is C11H10ClNO6. The number of hydrogen-bond donors (Lipinski definition) is 0. The quantitative estimate of drug-likeness (QED) is 0.365. The molecule has 19 heavy (non-hydrogen) atoms. The molecule has 1 rings (SSSR count). The molecule has 0 atom stereocenters. The minimum atomic E-state index is -1.33. The lowest BCUT2D eigenvalue weighted by Gasteiger charge is -2.17. The Labute approximate surface area is 113 Å². The van der Waals surface area contributed by atoms with E-state index in [1.807, 2.05) is 0 Å². The van der Waals surface area contributed by atoms with Gasteiger partial charge in [0.25, 0.3) is 12.0 Å². The molecule has 0 bridgehead atoms. The van der Waals surface area contributed by atoms with E-state index in [0.29, 0.717) is 0 Å². The van der Waals surface area contributed by atoms with E-state index in [0.717, 1.165) is 19.9 Å². The number of carbonyl (C=O) groups is 2. The highest BCUT2D eigenvalue weighted by Gasteiger charge is 2.22. The second-order valence-corrected chi connectivity index (χ2v) is 3.92. The molecule has 0 aliphatic carbocycles. The number of benzene rings is 1. The first-order valence-corrected chi connectivity index (χ1v) is 5.47. The van der Waals surface area contributed by atoms with Crippen LogP contribution in [-0.2, 0) is 19.1 Å². The maximum absolute atomic E-state index is 10.9. The van der Waals surface area contributed by atoms with Crippen molar-refractivity contribution in [1.82, 2.24) is 0 Å². The molecule has 0 aliphatic rings. The van der Waals surface area contributed by atoms with Crippen molar-refractivity contribution in [2.45, 2.75) is 20.1 Å². The van der Waals surface area contributed by atoms with Crippen molar-refractivity contribution in [2.75, 3.05) is 0 Å². The summed E-state index contributed by atoms with van der Waals surface area (Å²) in [6.07, 6.45) is -1.33. The highest BCUT2D eigenvalue weighted by Crippen LogP contribution is 2.30. The molecule has 0 heterocycles. The fourth-order valence-electron chi connectivity index (χ4n) is 1.27.